The van der Waals surface area contributed by atoms with Crippen LogP contribution in [0.15, 0.2) is 36.9 Å². The van der Waals surface area contributed by atoms with Gasteiger partial charge in [0.15, 0.2) is 0 Å². The molecule has 16 heavy (non-hydrogen) atoms. The quantitative estimate of drug-likeness (QED) is 0.694. The monoisotopic (exact) mass is 217 g/mol. The molecule has 0 N–H and O–H groups in total. The van der Waals surface area contributed by atoms with Crippen LogP contribution < -0.4 is 0 Å². The van der Waals surface area contributed by atoms with E-state index >= 15 is 0 Å². The molecule has 0 spiro atoms. The van der Waals surface area contributed by atoms with Gasteiger partial charge in [0.05, 0.1) is 0 Å². The Kier molecular flexibility index (Phi) is 4.77. The number of nitrogens with zero attached hydrogens (tertiary/aromatic N) is 1. The van der Waals surface area contributed by atoms with Gasteiger partial charge in [-0.05, 0) is 30.5 Å². The fraction of sp³-hybridized carbons (Fsp3) is 0.357. The zero-order valence-corrected chi connectivity index (χ0v) is 10.1. The Morgan fingerprint density at radius 1 is 1.31 bits per heavy atom. The molecule has 0 unspecified atom stereocenters. The first-order valence-electron chi connectivity index (χ1n) is 5.71. The maximum atomic E-state index is 11.6. The molecule has 0 aromatic heterocycles. The van der Waals surface area contributed by atoms with Crippen LogP contribution in [0.2, 0.25) is 0 Å². The van der Waals surface area contributed by atoms with E-state index in [1.165, 1.54) is 17.2 Å². The summed E-state index contributed by atoms with van der Waals surface area (Å²) in [4.78, 5) is 13.3. The minimum absolute atomic E-state index is 0.00611. The number of likely N-dealkylation sites (N-methyl/N-ethyl adjacent to an activating group) is 1. The predicted octanol–water partition coefficient (Wildman–Crippen LogP) is 2.78. The Hall–Kier alpha value is -1.57. The molecule has 0 aliphatic carbocycles. The summed E-state index contributed by atoms with van der Waals surface area (Å²) in [5, 5.41) is 0. The smallest absolute Gasteiger partial charge is 0.246 e. The third-order valence-electron chi connectivity index (χ3n) is 2.73. The number of aryl methyl sites for hydroxylation is 1. The van der Waals surface area contributed by atoms with Crippen molar-refractivity contribution in [3.8, 4) is 0 Å². The van der Waals surface area contributed by atoms with Gasteiger partial charge in [-0.2, -0.15) is 0 Å². The van der Waals surface area contributed by atoms with Crippen molar-refractivity contribution < 1.29 is 4.79 Å². The van der Waals surface area contributed by atoms with Gasteiger partial charge < -0.3 is 4.90 Å². The van der Waals surface area contributed by atoms with E-state index in [0.29, 0.717) is 13.1 Å². The maximum Gasteiger partial charge on any atom is 0.246 e. The van der Waals surface area contributed by atoms with Crippen LogP contribution in [0.5, 0.6) is 0 Å². The van der Waals surface area contributed by atoms with Crippen molar-refractivity contribution >= 4 is 5.91 Å². The summed E-state index contributed by atoms with van der Waals surface area (Å²) in [6.45, 7) is 9.02. The van der Waals surface area contributed by atoms with Gasteiger partial charge >= 0.3 is 0 Å². The number of benzene rings is 1. The van der Waals surface area contributed by atoms with Crippen LogP contribution in [0.25, 0.3) is 0 Å². The van der Waals surface area contributed by atoms with Gasteiger partial charge in [0.1, 0.15) is 0 Å². The molecular formula is C14H19NO. The highest BCUT2D eigenvalue weighted by atomic mass is 16.2. The molecule has 2 heteroatoms. The average molecular weight is 217 g/mol. The summed E-state index contributed by atoms with van der Waals surface area (Å²) >= 11 is 0. The molecule has 0 aliphatic rings. The molecular weight excluding hydrogens is 198 g/mol. The molecule has 0 atom stereocenters. The molecule has 2 nitrogen and oxygen atoms in total. The first kappa shape index (κ1) is 12.5. The van der Waals surface area contributed by atoms with Crippen LogP contribution >= 0.6 is 0 Å². The lowest BCUT2D eigenvalue weighted by Gasteiger charge is -2.20. The summed E-state index contributed by atoms with van der Waals surface area (Å²) in [6.07, 6.45) is 2.37. The minimum Gasteiger partial charge on any atom is -0.335 e. The van der Waals surface area contributed by atoms with Gasteiger partial charge in [-0.15, -0.1) is 0 Å². The third-order valence-corrected chi connectivity index (χ3v) is 2.73. The summed E-state index contributed by atoms with van der Waals surface area (Å²) in [6, 6.07) is 8.24. The van der Waals surface area contributed by atoms with Crippen LogP contribution in [0.3, 0.4) is 0 Å². The molecule has 86 valence electrons. The van der Waals surface area contributed by atoms with E-state index in [9.17, 15) is 4.79 Å². The zero-order valence-electron chi connectivity index (χ0n) is 10.1. The highest BCUT2D eigenvalue weighted by molar-refractivity contribution is 5.86. The van der Waals surface area contributed by atoms with E-state index in [4.69, 9.17) is 0 Å². The molecule has 0 heterocycles. The van der Waals surface area contributed by atoms with Gasteiger partial charge in [-0.1, -0.05) is 37.8 Å². The molecule has 1 rings (SSSR count). The second-order valence-electron chi connectivity index (χ2n) is 3.68. The van der Waals surface area contributed by atoms with Gasteiger partial charge in [0.2, 0.25) is 5.91 Å². The number of carbonyl (C=O) groups is 1. The summed E-state index contributed by atoms with van der Waals surface area (Å²) in [5.74, 6) is -0.00611. The average Bonchev–Trinajstić information content (AvgIpc) is 2.35. The molecule has 1 aromatic carbocycles. The van der Waals surface area contributed by atoms with Gasteiger partial charge in [0, 0.05) is 13.1 Å². The maximum absolute atomic E-state index is 11.6. The standard InChI is InChI=1S/C14H19NO/c1-4-12-9-7-8-10-13(12)11-15(6-3)14(16)5-2/h5,7-10H,2,4,6,11H2,1,3H3. The normalized spacial score (nSPS) is 9.88. The van der Waals surface area contributed by atoms with Crippen molar-refractivity contribution in [1.29, 1.82) is 0 Å². The van der Waals surface area contributed by atoms with Crippen molar-refractivity contribution in [2.45, 2.75) is 26.8 Å². The van der Waals surface area contributed by atoms with E-state index in [1.807, 2.05) is 19.1 Å². The first-order valence-corrected chi connectivity index (χ1v) is 5.71. The van der Waals surface area contributed by atoms with E-state index in [-0.39, 0.29) is 5.91 Å². The molecule has 0 fully saturated rings. The number of amides is 1. The second kappa shape index (κ2) is 6.11. The van der Waals surface area contributed by atoms with Gasteiger partial charge in [0.25, 0.3) is 0 Å². The second-order valence-corrected chi connectivity index (χ2v) is 3.68. The van der Waals surface area contributed by atoms with Crippen LogP contribution in [0.4, 0.5) is 0 Å². The van der Waals surface area contributed by atoms with E-state index in [2.05, 4.69) is 25.6 Å². The largest absolute Gasteiger partial charge is 0.335 e. The molecule has 1 aromatic rings. The molecule has 0 bridgehead atoms. The van der Waals surface area contributed by atoms with Crippen molar-refractivity contribution in [2.75, 3.05) is 6.54 Å². The van der Waals surface area contributed by atoms with Crippen LogP contribution in [-0.4, -0.2) is 17.4 Å². The predicted molar refractivity (Wildman–Crippen MR) is 67.1 cm³/mol. The molecule has 0 aliphatic heterocycles. The lowest BCUT2D eigenvalue weighted by atomic mass is 10.0. The Balaban J connectivity index is 2.85. The van der Waals surface area contributed by atoms with E-state index < -0.39 is 0 Å². The molecule has 0 saturated heterocycles. The van der Waals surface area contributed by atoms with Crippen LogP contribution in [0, 0.1) is 0 Å². The van der Waals surface area contributed by atoms with Crippen LogP contribution in [-0.2, 0) is 17.8 Å². The van der Waals surface area contributed by atoms with Gasteiger partial charge in [-0.3, -0.25) is 4.79 Å². The Bertz CT molecular complexity index is 371. The number of carbonyl (C=O) groups excluding carboxylic acids is 1. The van der Waals surface area contributed by atoms with Crippen molar-refractivity contribution in [1.82, 2.24) is 4.90 Å². The fourth-order valence-corrected chi connectivity index (χ4v) is 1.74. The summed E-state index contributed by atoms with van der Waals surface area (Å²) in [5.41, 5.74) is 2.53. The van der Waals surface area contributed by atoms with Crippen LogP contribution in [0.1, 0.15) is 25.0 Å². The van der Waals surface area contributed by atoms with E-state index in [1.54, 1.807) is 4.90 Å². The Labute approximate surface area is 97.6 Å². The third kappa shape index (κ3) is 2.96. The number of hydrogen-bond donors (Lipinski definition) is 0. The van der Waals surface area contributed by atoms with E-state index in [0.717, 1.165) is 6.42 Å². The van der Waals surface area contributed by atoms with Gasteiger partial charge in [-0.25, -0.2) is 0 Å². The lowest BCUT2D eigenvalue weighted by molar-refractivity contribution is -0.126. The SMILES string of the molecule is C=CC(=O)N(CC)Cc1ccccc1CC. The Morgan fingerprint density at radius 3 is 2.44 bits per heavy atom. The van der Waals surface area contributed by atoms with Crippen molar-refractivity contribution in [2.24, 2.45) is 0 Å². The summed E-state index contributed by atoms with van der Waals surface area (Å²) in [7, 11) is 0. The highest BCUT2D eigenvalue weighted by Gasteiger charge is 2.09. The first-order chi connectivity index (χ1) is 7.72. The van der Waals surface area contributed by atoms with Crippen molar-refractivity contribution in [3.63, 3.8) is 0 Å². The molecule has 1 amide bonds. The lowest BCUT2D eigenvalue weighted by Crippen LogP contribution is -2.28. The number of rotatable bonds is 5. The molecule has 0 saturated carbocycles. The molecule has 0 radical (unpaired) electrons. The minimum atomic E-state index is -0.00611. The zero-order chi connectivity index (χ0) is 12.0. The summed E-state index contributed by atoms with van der Waals surface area (Å²) < 4.78 is 0. The topological polar surface area (TPSA) is 20.3 Å². The fourth-order valence-electron chi connectivity index (χ4n) is 1.74. The number of hydrogen-bond acceptors (Lipinski definition) is 1. The highest BCUT2D eigenvalue weighted by Crippen LogP contribution is 2.12. The van der Waals surface area contributed by atoms with Crippen molar-refractivity contribution in [3.05, 3.63) is 48.0 Å². The Morgan fingerprint density at radius 2 is 1.94 bits per heavy atom.